The van der Waals surface area contributed by atoms with E-state index in [9.17, 15) is 0 Å². The Morgan fingerprint density at radius 2 is 2.07 bits per heavy atom. The van der Waals surface area contributed by atoms with Crippen molar-refractivity contribution < 1.29 is 0 Å². The number of H-pyrrole nitrogens is 1. The molecule has 1 aromatic carbocycles. The number of hydrogen-bond acceptors (Lipinski definition) is 1. The fourth-order valence-electron chi connectivity index (χ4n) is 1.85. The summed E-state index contributed by atoms with van der Waals surface area (Å²) in [4.78, 5) is 5.48. The van der Waals surface area contributed by atoms with Gasteiger partial charge in [0.2, 0.25) is 0 Å². The molecular formula is C13H18N2. The van der Waals surface area contributed by atoms with Crippen LogP contribution in [0.3, 0.4) is 0 Å². The molecule has 0 saturated heterocycles. The summed E-state index contributed by atoms with van der Waals surface area (Å²) in [7, 11) is 4.24. The van der Waals surface area contributed by atoms with Crippen LogP contribution in [-0.2, 0) is 6.42 Å². The smallest absolute Gasteiger partial charge is 0.0456 e. The third-order valence-corrected chi connectivity index (χ3v) is 2.69. The van der Waals surface area contributed by atoms with Gasteiger partial charge in [-0.15, -0.1) is 0 Å². The number of hydrogen-bond donors (Lipinski definition) is 1. The van der Waals surface area contributed by atoms with Gasteiger partial charge in [-0.05, 0) is 56.6 Å². The molecule has 1 aromatic heterocycles. The van der Waals surface area contributed by atoms with Gasteiger partial charge >= 0.3 is 0 Å². The lowest BCUT2D eigenvalue weighted by molar-refractivity contribution is 0.400. The maximum absolute atomic E-state index is 3.25. The third kappa shape index (κ3) is 2.60. The van der Waals surface area contributed by atoms with E-state index in [0.717, 1.165) is 13.0 Å². The highest BCUT2D eigenvalue weighted by Crippen LogP contribution is 2.15. The van der Waals surface area contributed by atoms with Crippen LogP contribution in [0.1, 0.15) is 12.0 Å². The number of rotatable bonds is 4. The molecule has 2 nitrogen and oxygen atoms in total. The van der Waals surface area contributed by atoms with E-state index < -0.39 is 0 Å². The first kappa shape index (κ1) is 10.2. The molecular weight excluding hydrogens is 184 g/mol. The zero-order chi connectivity index (χ0) is 10.7. The second-order valence-electron chi connectivity index (χ2n) is 4.31. The minimum atomic E-state index is 1.16. The van der Waals surface area contributed by atoms with E-state index in [1.54, 1.807) is 0 Å². The Balaban J connectivity index is 2.02. The summed E-state index contributed by atoms with van der Waals surface area (Å²) in [6.07, 6.45) is 4.38. The average molecular weight is 202 g/mol. The third-order valence-electron chi connectivity index (χ3n) is 2.69. The van der Waals surface area contributed by atoms with Gasteiger partial charge in [0.05, 0.1) is 0 Å². The monoisotopic (exact) mass is 202 g/mol. The van der Waals surface area contributed by atoms with E-state index in [0.29, 0.717) is 0 Å². The molecule has 0 atom stereocenters. The van der Waals surface area contributed by atoms with Crippen LogP contribution in [-0.4, -0.2) is 30.5 Å². The zero-order valence-electron chi connectivity index (χ0n) is 9.46. The summed E-state index contributed by atoms with van der Waals surface area (Å²) in [5, 5.41) is 1.30. The van der Waals surface area contributed by atoms with E-state index in [-0.39, 0.29) is 0 Å². The zero-order valence-corrected chi connectivity index (χ0v) is 9.46. The maximum Gasteiger partial charge on any atom is 0.0456 e. The SMILES string of the molecule is CN(C)CCCc1ccc2cc[nH]c2c1. The van der Waals surface area contributed by atoms with Crippen molar-refractivity contribution in [1.29, 1.82) is 0 Å². The molecule has 0 saturated carbocycles. The predicted octanol–water partition coefficient (Wildman–Crippen LogP) is 2.66. The summed E-state index contributed by atoms with van der Waals surface area (Å²) >= 11 is 0. The molecule has 0 amide bonds. The van der Waals surface area contributed by atoms with Gasteiger partial charge in [-0.2, -0.15) is 0 Å². The molecule has 80 valence electrons. The first-order chi connectivity index (χ1) is 7.25. The molecule has 1 N–H and O–H groups in total. The lowest BCUT2D eigenvalue weighted by atomic mass is 10.1. The quantitative estimate of drug-likeness (QED) is 0.807. The van der Waals surface area contributed by atoms with Crippen LogP contribution in [0.2, 0.25) is 0 Å². The van der Waals surface area contributed by atoms with Crippen molar-refractivity contribution in [1.82, 2.24) is 9.88 Å². The predicted molar refractivity (Wildman–Crippen MR) is 65.2 cm³/mol. The molecule has 0 spiro atoms. The van der Waals surface area contributed by atoms with Crippen LogP contribution in [0.25, 0.3) is 10.9 Å². The van der Waals surface area contributed by atoms with E-state index in [2.05, 4.69) is 48.2 Å². The van der Waals surface area contributed by atoms with E-state index in [4.69, 9.17) is 0 Å². The normalized spacial score (nSPS) is 11.4. The van der Waals surface area contributed by atoms with Crippen molar-refractivity contribution in [2.45, 2.75) is 12.8 Å². The van der Waals surface area contributed by atoms with Crippen LogP contribution in [0.5, 0.6) is 0 Å². The molecule has 0 unspecified atom stereocenters. The Bertz CT molecular complexity index is 429. The van der Waals surface area contributed by atoms with Crippen molar-refractivity contribution in [3.8, 4) is 0 Å². The molecule has 2 rings (SSSR count). The Morgan fingerprint density at radius 3 is 2.87 bits per heavy atom. The van der Waals surface area contributed by atoms with Gasteiger partial charge in [-0.25, -0.2) is 0 Å². The number of aromatic amines is 1. The van der Waals surface area contributed by atoms with Gasteiger partial charge in [0.25, 0.3) is 0 Å². The first-order valence-electron chi connectivity index (χ1n) is 5.46. The summed E-state index contributed by atoms with van der Waals surface area (Å²) < 4.78 is 0. The fourth-order valence-corrected chi connectivity index (χ4v) is 1.85. The second kappa shape index (κ2) is 4.49. The van der Waals surface area contributed by atoms with Gasteiger partial charge in [0, 0.05) is 11.7 Å². The molecule has 0 aliphatic carbocycles. The molecule has 0 aliphatic heterocycles. The Hall–Kier alpha value is -1.28. The number of nitrogens with zero attached hydrogens (tertiary/aromatic N) is 1. The Kier molecular flexibility index (Phi) is 3.07. The highest BCUT2D eigenvalue weighted by molar-refractivity contribution is 5.79. The Labute approximate surface area is 90.9 Å². The van der Waals surface area contributed by atoms with E-state index in [1.807, 2.05) is 6.20 Å². The number of aryl methyl sites for hydroxylation is 1. The fraction of sp³-hybridized carbons (Fsp3) is 0.385. The van der Waals surface area contributed by atoms with Gasteiger partial charge in [0.15, 0.2) is 0 Å². The molecule has 0 bridgehead atoms. The van der Waals surface area contributed by atoms with Crippen LogP contribution in [0.4, 0.5) is 0 Å². The number of aromatic nitrogens is 1. The van der Waals surface area contributed by atoms with Crippen LogP contribution < -0.4 is 0 Å². The summed E-state index contributed by atoms with van der Waals surface area (Å²) in [5.74, 6) is 0. The maximum atomic E-state index is 3.25. The number of nitrogens with one attached hydrogen (secondary N) is 1. The lowest BCUT2D eigenvalue weighted by Crippen LogP contribution is -2.13. The van der Waals surface area contributed by atoms with Crippen LogP contribution >= 0.6 is 0 Å². The highest BCUT2D eigenvalue weighted by Gasteiger charge is 1.98. The van der Waals surface area contributed by atoms with Crippen molar-refractivity contribution in [3.05, 3.63) is 36.0 Å². The Morgan fingerprint density at radius 1 is 1.20 bits per heavy atom. The van der Waals surface area contributed by atoms with E-state index in [1.165, 1.54) is 22.9 Å². The molecule has 1 heterocycles. The van der Waals surface area contributed by atoms with Gasteiger partial charge < -0.3 is 9.88 Å². The van der Waals surface area contributed by atoms with Gasteiger partial charge in [-0.3, -0.25) is 0 Å². The summed E-state index contributed by atoms with van der Waals surface area (Å²) in [6.45, 7) is 1.16. The number of fused-ring (bicyclic) bond motifs is 1. The summed E-state index contributed by atoms with van der Waals surface area (Å²) in [6, 6.07) is 8.78. The minimum absolute atomic E-state index is 1.16. The van der Waals surface area contributed by atoms with Gasteiger partial charge in [-0.1, -0.05) is 12.1 Å². The average Bonchev–Trinajstić information content (AvgIpc) is 2.64. The van der Waals surface area contributed by atoms with E-state index >= 15 is 0 Å². The molecule has 15 heavy (non-hydrogen) atoms. The summed E-state index contributed by atoms with van der Waals surface area (Å²) in [5.41, 5.74) is 2.67. The largest absolute Gasteiger partial charge is 0.361 e. The van der Waals surface area contributed by atoms with Crippen LogP contribution in [0, 0.1) is 0 Å². The molecule has 2 aromatic rings. The second-order valence-corrected chi connectivity index (χ2v) is 4.31. The van der Waals surface area contributed by atoms with Crippen molar-refractivity contribution in [2.24, 2.45) is 0 Å². The minimum Gasteiger partial charge on any atom is -0.361 e. The molecule has 0 radical (unpaired) electrons. The topological polar surface area (TPSA) is 19.0 Å². The molecule has 0 aliphatic rings. The number of benzene rings is 1. The van der Waals surface area contributed by atoms with Gasteiger partial charge in [0.1, 0.15) is 0 Å². The van der Waals surface area contributed by atoms with Crippen molar-refractivity contribution in [3.63, 3.8) is 0 Å². The van der Waals surface area contributed by atoms with Crippen molar-refractivity contribution >= 4 is 10.9 Å². The lowest BCUT2D eigenvalue weighted by Gasteiger charge is -2.08. The molecule has 0 fully saturated rings. The van der Waals surface area contributed by atoms with Crippen molar-refractivity contribution in [2.75, 3.05) is 20.6 Å². The first-order valence-corrected chi connectivity index (χ1v) is 5.46. The standard InChI is InChI=1S/C13H18N2/c1-15(2)9-3-4-11-5-6-12-7-8-14-13(12)10-11/h5-8,10,14H,3-4,9H2,1-2H3. The molecule has 2 heteroatoms. The highest BCUT2D eigenvalue weighted by atomic mass is 15.0. The van der Waals surface area contributed by atoms with Crippen LogP contribution in [0.15, 0.2) is 30.5 Å².